The van der Waals surface area contributed by atoms with Crippen molar-refractivity contribution in [3.63, 3.8) is 0 Å². The molecule has 1 aromatic heterocycles. The summed E-state index contributed by atoms with van der Waals surface area (Å²) in [4.78, 5) is 22.3. The summed E-state index contributed by atoms with van der Waals surface area (Å²) in [6.07, 6.45) is 0. The molecule has 0 fully saturated rings. The first-order valence-electron chi connectivity index (χ1n) is 4.34. The summed E-state index contributed by atoms with van der Waals surface area (Å²) >= 11 is 1.04. The number of aliphatic hydroxyl groups is 1. The quantitative estimate of drug-likeness (QED) is 0.751. The van der Waals surface area contributed by atoms with Gasteiger partial charge in [-0.25, -0.2) is 4.79 Å². The topological polar surface area (TPSA) is 68.5 Å². The zero-order valence-electron chi connectivity index (χ0n) is 8.81. The first kappa shape index (κ1) is 11.9. The van der Waals surface area contributed by atoms with Crippen LogP contribution in [-0.4, -0.2) is 28.4 Å². The molecule has 6 heteroatoms. The molecule has 0 spiro atoms. The molecule has 1 aromatic rings. The van der Waals surface area contributed by atoms with Crippen LogP contribution in [0, 0.1) is 6.92 Å². The molecule has 15 heavy (non-hydrogen) atoms. The first-order valence-corrected chi connectivity index (χ1v) is 5.22. The van der Waals surface area contributed by atoms with E-state index in [1.54, 1.807) is 12.3 Å². The second kappa shape index (κ2) is 4.16. The SMILES string of the molecule is COC(=O)C(C)(O)Cn1c(C)csc1=O. The monoisotopic (exact) mass is 231 g/mol. The fraction of sp³-hybridized carbons (Fsp3) is 0.556. The Hall–Kier alpha value is -1.14. The van der Waals surface area contributed by atoms with Gasteiger partial charge >= 0.3 is 10.8 Å². The highest BCUT2D eigenvalue weighted by molar-refractivity contribution is 7.07. The van der Waals surface area contributed by atoms with E-state index in [-0.39, 0.29) is 11.4 Å². The van der Waals surface area contributed by atoms with Crippen LogP contribution in [-0.2, 0) is 16.1 Å². The Morgan fingerprint density at radius 3 is 2.73 bits per heavy atom. The van der Waals surface area contributed by atoms with Crippen LogP contribution in [0.1, 0.15) is 12.6 Å². The molecule has 0 saturated carbocycles. The molecule has 0 aromatic carbocycles. The lowest BCUT2D eigenvalue weighted by molar-refractivity contribution is -0.161. The molecule has 0 aliphatic rings. The predicted molar refractivity (Wildman–Crippen MR) is 56.0 cm³/mol. The summed E-state index contributed by atoms with van der Waals surface area (Å²) in [5.74, 6) is -0.750. The summed E-state index contributed by atoms with van der Waals surface area (Å²) < 4.78 is 5.79. The molecule has 5 nitrogen and oxygen atoms in total. The zero-order valence-corrected chi connectivity index (χ0v) is 9.63. The number of thiazole rings is 1. The van der Waals surface area contributed by atoms with Crippen molar-refractivity contribution in [3.8, 4) is 0 Å². The van der Waals surface area contributed by atoms with E-state index < -0.39 is 11.6 Å². The highest BCUT2D eigenvalue weighted by atomic mass is 32.1. The number of methoxy groups -OCH3 is 1. The standard InChI is InChI=1S/C9H13NO4S/c1-6-4-15-8(12)10(6)5-9(2,13)7(11)14-3/h4,13H,5H2,1-3H3. The number of ether oxygens (including phenoxy) is 1. The normalized spacial score (nSPS) is 14.7. The third kappa shape index (κ3) is 2.45. The fourth-order valence-electron chi connectivity index (χ4n) is 1.19. The van der Waals surface area contributed by atoms with Crippen molar-refractivity contribution in [2.75, 3.05) is 7.11 Å². The molecule has 0 radical (unpaired) electrons. The highest BCUT2D eigenvalue weighted by Gasteiger charge is 2.32. The molecule has 1 rings (SSSR count). The summed E-state index contributed by atoms with van der Waals surface area (Å²) in [5.41, 5.74) is -0.959. The molecule has 1 N–H and O–H groups in total. The summed E-state index contributed by atoms with van der Waals surface area (Å²) in [7, 11) is 1.19. The number of esters is 1. The van der Waals surface area contributed by atoms with Crippen LogP contribution in [0.2, 0.25) is 0 Å². The van der Waals surface area contributed by atoms with E-state index in [0.717, 1.165) is 11.3 Å². The predicted octanol–water partition coefficient (Wildman–Crippen LogP) is 0.142. The molecule has 1 heterocycles. The number of carbonyl (C=O) groups excluding carboxylic acids is 1. The van der Waals surface area contributed by atoms with Gasteiger partial charge in [0.15, 0.2) is 5.60 Å². The smallest absolute Gasteiger partial charge is 0.339 e. The number of aryl methyl sites for hydroxylation is 1. The number of nitrogens with zero attached hydrogens (tertiary/aromatic N) is 1. The molecular weight excluding hydrogens is 218 g/mol. The van der Waals surface area contributed by atoms with Crippen LogP contribution < -0.4 is 4.87 Å². The summed E-state index contributed by atoms with van der Waals surface area (Å²) in [5, 5.41) is 11.5. The molecule has 0 saturated heterocycles. The van der Waals surface area contributed by atoms with E-state index in [1.165, 1.54) is 18.6 Å². The van der Waals surface area contributed by atoms with Gasteiger partial charge in [-0.15, -0.1) is 0 Å². The Bertz CT molecular complexity index is 418. The van der Waals surface area contributed by atoms with Crippen molar-refractivity contribution in [1.82, 2.24) is 4.57 Å². The van der Waals surface area contributed by atoms with Crippen molar-refractivity contribution >= 4 is 17.3 Å². The van der Waals surface area contributed by atoms with Gasteiger partial charge < -0.3 is 9.84 Å². The third-order valence-electron chi connectivity index (χ3n) is 2.07. The lowest BCUT2D eigenvalue weighted by Gasteiger charge is -2.20. The van der Waals surface area contributed by atoms with Crippen LogP contribution in [0.5, 0.6) is 0 Å². The number of aromatic nitrogens is 1. The zero-order chi connectivity index (χ0) is 11.6. The maximum atomic E-state index is 11.3. The van der Waals surface area contributed by atoms with Crippen molar-refractivity contribution in [2.24, 2.45) is 0 Å². The van der Waals surface area contributed by atoms with Crippen molar-refractivity contribution in [1.29, 1.82) is 0 Å². The minimum atomic E-state index is -1.68. The van der Waals surface area contributed by atoms with Gasteiger partial charge in [-0.3, -0.25) is 9.36 Å². The van der Waals surface area contributed by atoms with Crippen molar-refractivity contribution in [3.05, 3.63) is 20.7 Å². The second-order valence-electron chi connectivity index (χ2n) is 3.49. The van der Waals surface area contributed by atoms with E-state index in [9.17, 15) is 14.7 Å². The number of hydrogen-bond acceptors (Lipinski definition) is 5. The number of carbonyl (C=O) groups is 1. The van der Waals surface area contributed by atoms with Crippen LogP contribution in [0.25, 0.3) is 0 Å². The Morgan fingerprint density at radius 1 is 1.73 bits per heavy atom. The van der Waals surface area contributed by atoms with Crippen molar-refractivity contribution in [2.45, 2.75) is 26.0 Å². The summed E-state index contributed by atoms with van der Waals surface area (Å²) in [6.45, 7) is 2.97. The van der Waals surface area contributed by atoms with Gasteiger partial charge in [-0.2, -0.15) is 0 Å². The fourth-order valence-corrected chi connectivity index (χ4v) is 1.92. The van der Waals surface area contributed by atoms with Crippen LogP contribution in [0.4, 0.5) is 0 Å². The molecule has 1 unspecified atom stereocenters. The van der Waals surface area contributed by atoms with Gasteiger partial charge in [0.05, 0.1) is 13.7 Å². The maximum absolute atomic E-state index is 11.3. The molecule has 0 amide bonds. The van der Waals surface area contributed by atoms with Crippen LogP contribution >= 0.6 is 11.3 Å². The van der Waals surface area contributed by atoms with E-state index in [4.69, 9.17) is 0 Å². The van der Waals surface area contributed by atoms with Gasteiger partial charge in [0.2, 0.25) is 0 Å². The highest BCUT2D eigenvalue weighted by Crippen LogP contribution is 2.11. The van der Waals surface area contributed by atoms with E-state index in [0.29, 0.717) is 5.69 Å². The third-order valence-corrected chi connectivity index (χ3v) is 2.95. The first-order chi connectivity index (χ1) is 6.88. The second-order valence-corrected chi connectivity index (χ2v) is 4.32. The van der Waals surface area contributed by atoms with Crippen LogP contribution in [0.15, 0.2) is 10.2 Å². The Balaban J connectivity index is 2.96. The minimum absolute atomic E-state index is 0.0894. The average molecular weight is 231 g/mol. The summed E-state index contributed by atoms with van der Waals surface area (Å²) in [6, 6.07) is 0. The van der Waals surface area contributed by atoms with Crippen molar-refractivity contribution < 1.29 is 14.6 Å². The number of hydrogen-bond donors (Lipinski definition) is 1. The van der Waals surface area contributed by atoms with Gasteiger partial charge in [-0.1, -0.05) is 11.3 Å². The van der Waals surface area contributed by atoms with Gasteiger partial charge in [0.25, 0.3) is 0 Å². The van der Waals surface area contributed by atoms with E-state index in [1.807, 2.05) is 0 Å². The van der Waals surface area contributed by atoms with Gasteiger partial charge in [0.1, 0.15) is 0 Å². The molecule has 0 bridgehead atoms. The van der Waals surface area contributed by atoms with Gasteiger partial charge in [0, 0.05) is 11.1 Å². The number of rotatable bonds is 3. The average Bonchev–Trinajstić information content (AvgIpc) is 2.47. The molecule has 84 valence electrons. The molecule has 0 aliphatic heterocycles. The molecular formula is C9H13NO4S. The maximum Gasteiger partial charge on any atom is 0.339 e. The Labute approximate surface area is 90.9 Å². The largest absolute Gasteiger partial charge is 0.467 e. The van der Waals surface area contributed by atoms with Gasteiger partial charge in [-0.05, 0) is 13.8 Å². The van der Waals surface area contributed by atoms with E-state index in [2.05, 4.69) is 4.74 Å². The van der Waals surface area contributed by atoms with Crippen LogP contribution in [0.3, 0.4) is 0 Å². The Morgan fingerprint density at radius 2 is 2.33 bits per heavy atom. The molecule has 0 aliphatic carbocycles. The lowest BCUT2D eigenvalue weighted by atomic mass is 10.1. The minimum Gasteiger partial charge on any atom is -0.467 e. The molecule has 1 atom stereocenters. The Kier molecular flexibility index (Phi) is 3.31. The van der Waals surface area contributed by atoms with E-state index >= 15 is 0 Å². The lowest BCUT2D eigenvalue weighted by Crippen LogP contribution is -2.42.